The average Bonchev–Trinajstić information content (AvgIpc) is 2.67. The Balaban J connectivity index is 1.36. The third-order valence-electron chi connectivity index (χ3n) is 5.70. The fourth-order valence-electron chi connectivity index (χ4n) is 4.20. The van der Waals surface area contributed by atoms with Crippen LogP contribution in [-0.2, 0) is 16.1 Å². The Hall–Kier alpha value is -1.92. The zero-order valence-electron chi connectivity index (χ0n) is 16.1. The van der Waals surface area contributed by atoms with Gasteiger partial charge in [-0.25, -0.2) is 0 Å². The van der Waals surface area contributed by atoms with Gasteiger partial charge in [0, 0.05) is 45.7 Å². The van der Waals surface area contributed by atoms with Crippen molar-refractivity contribution in [3.8, 4) is 0 Å². The van der Waals surface area contributed by atoms with Gasteiger partial charge in [-0.15, -0.1) is 0 Å². The highest BCUT2D eigenvalue weighted by atomic mass is 16.4. The third kappa shape index (κ3) is 6.33. The molecule has 6 nitrogen and oxygen atoms in total. The van der Waals surface area contributed by atoms with Crippen LogP contribution in [0.4, 0.5) is 0 Å². The van der Waals surface area contributed by atoms with Crippen molar-refractivity contribution < 1.29 is 14.7 Å². The molecule has 1 atom stereocenters. The van der Waals surface area contributed by atoms with Crippen molar-refractivity contribution in [1.82, 2.24) is 14.7 Å². The van der Waals surface area contributed by atoms with Crippen LogP contribution in [0.5, 0.6) is 0 Å². The van der Waals surface area contributed by atoms with Gasteiger partial charge in [-0.3, -0.25) is 19.4 Å². The van der Waals surface area contributed by atoms with E-state index in [2.05, 4.69) is 29.2 Å². The van der Waals surface area contributed by atoms with E-state index in [9.17, 15) is 9.59 Å². The van der Waals surface area contributed by atoms with Crippen molar-refractivity contribution in [2.45, 2.75) is 32.2 Å². The molecule has 6 heteroatoms. The van der Waals surface area contributed by atoms with E-state index in [0.29, 0.717) is 12.3 Å². The van der Waals surface area contributed by atoms with E-state index in [4.69, 9.17) is 5.11 Å². The number of benzene rings is 1. The van der Waals surface area contributed by atoms with Gasteiger partial charge in [-0.05, 0) is 37.3 Å². The molecule has 0 bridgehead atoms. The maximum absolute atomic E-state index is 12.6. The maximum atomic E-state index is 12.6. The summed E-state index contributed by atoms with van der Waals surface area (Å²) < 4.78 is 0. The number of nitrogens with zero attached hydrogens (tertiary/aromatic N) is 3. The maximum Gasteiger partial charge on any atom is 0.317 e. The van der Waals surface area contributed by atoms with E-state index in [-0.39, 0.29) is 12.5 Å². The summed E-state index contributed by atoms with van der Waals surface area (Å²) in [6.07, 6.45) is 3.60. The Morgan fingerprint density at radius 3 is 2.44 bits per heavy atom. The minimum atomic E-state index is -0.764. The monoisotopic (exact) mass is 373 g/mol. The largest absolute Gasteiger partial charge is 0.480 e. The molecular formula is C21H31N3O3. The van der Waals surface area contributed by atoms with E-state index in [1.165, 1.54) is 5.56 Å². The number of carboxylic acids is 1. The zero-order valence-corrected chi connectivity index (χ0v) is 16.1. The fraction of sp³-hybridized carbons (Fsp3) is 0.619. The number of carboxylic acid groups (broad SMARTS) is 1. The summed E-state index contributed by atoms with van der Waals surface area (Å²) in [6.45, 7) is 6.21. The van der Waals surface area contributed by atoms with Crippen molar-refractivity contribution >= 4 is 11.9 Å². The van der Waals surface area contributed by atoms with Crippen LogP contribution in [-0.4, -0.2) is 77.5 Å². The summed E-state index contributed by atoms with van der Waals surface area (Å²) in [5.74, 6) is -0.0637. The Bertz CT molecular complexity index is 614. The normalized spacial score (nSPS) is 21.9. The number of hydrogen-bond acceptors (Lipinski definition) is 4. The summed E-state index contributed by atoms with van der Waals surface area (Å²) in [4.78, 5) is 29.9. The van der Waals surface area contributed by atoms with Crippen LogP contribution >= 0.6 is 0 Å². The molecule has 2 heterocycles. The minimum Gasteiger partial charge on any atom is -0.480 e. The topological polar surface area (TPSA) is 64.1 Å². The first-order valence-electron chi connectivity index (χ1n) is 10.1. The Morgan fingerprint density at radius 2 is 1.74 bits per heavy atom. The molecule has 148 valence electrons. The van der Waals surface area contributed by atoms with Gasteiger partial charge < -0.3 is 10.0 Å². The molecule has 2 aliphatic heterocycles. The molecule has 0 saturated carbocycles. The lowest BCUT2D eigenvalue weighted by molar-refractivity contribution is -0.139. The second-order valence-corrected chi connectivity index (χ2v) is 7.82. The van der Waals surface area contributed by atoms with Gasteiger partial charge in [-0.1, -0.05) is 30.3 Å². The molecule has 2 saturated heterocycles. The molecule has 2 fully saturated rings. The van der Waals surface area contributed by atoms with Crippen molar-refractivity contribution in [3.05, 3.63) is 35.9 Å². The van der Waals surface area contributed by atoms with Crippen molar-refractivity contribution in [2.24, 2.45) is 5.92 Å². The molecule has 0 aliphatic carbocycles. The summed E-state index contributed by atoms with van der Waals surface area (Å²) in [5, 5.41) is 8.95. The smallest absolute Gasteiger partial charge is 0.317 e. The van der Waals surface area contributed by atoms with E-state index in [1.54, 1.807) is 0 Å². The molecule has 0 unspecified atom stereocenters. The first-order chi connectivity index (χ1) is 13.1. The van der Waals surface area contributed by atoms with Gasteiger partial charge >= 0.3 is 5.97 Å². The SMILES string of the molecule is O=C(O)CN1CCC[C@@H](CCC(=O)N2CCN(Cc3ccccc3)CC2)C1. The lowest BCUT2D eigenvalue weighted by atomic mass is 9.93. The molecule has 0 spiro atoms. The number of hydrogen-bond donors (Lipinski definition) is 1. The van der Waals surface area contributed by atoms with Gasteiger partial charge in [0.15, 0.2) is 0 Å². The Morgan fingerprint density at radius 1 is 1.00 bits per heavy atom. The third-order valence-corrected chi connectivity index (χ3v) is 5.70. The average molecular weight is 373 g/mol. The number of rotatable bonds is 7. The van der Waals surface area contributed by atoms with Gasteiger partial charge in [-0.2, -0.15) is 0 Å². The minimum absolute atomic E-state index is 0.119. The molecular weight excluding hydrogens is 342 g/mol. The van der Waals surface area contributed by atoms with E-state index in [1.807, 2.05) is 15.9 Å². The zero-order chi connectivity index (χ0) is 19.1. The molecule has 1 aromatic rings. The standard InChI is InChI=1S/C21H31N3O3/c25-20(9-8-19-7-4-10-23(16-19)17-21(26)27)24-13-11-22(12-14-24)15-18-5-2-1-3-6-18/h1-3,5-6,19H,4,7-17H2,(H,26,27)/t19-/m0/s1. The molecule has 0 aromatic heterocycles. The van der Waals surface area contributed by atoms with Crippen LogP contribution in [0.15, 0.2) is 30.3 Å². The predicted molar refractivity (Wildman–Crippen MR) is 104 cm³/mol. The number of aliphatic carboxylic acids is 1. The molecule has 2 aliphatic rings. The number of likely N-dealkylation sites (tertiary alicyclic amines) is 1. The lowest BCUT2D eigenvalue weighted by Gasteiger charge is -2.35. The highest BCUT2D eigenvalue weighted by Gasteiger charge is 2.24. The van der Waals surface area contributed by atoms with Crippen LogP contribution in [0.25, 0.3) is 0 Å². The summed E-state index contributed by atoms with van der Waals surface area (Å²) in [5.41, 5.74) is 1.32. The van der Waals surface area contributed by atoms with E-state index < -0.39 is 5.97 Å². The summed E-state index contributed by atoms with van der Waals surface area (Å²) in [7, 11) is 0. The first kappa shape index (κ1) is 19.8. The van der Waals surface area contributed by atoms with E-state index >= 15 is 0 Å². The molecule has 1 aromatic carbocycles. The van der Waals surface area contributed by atoms with E-state index in [0.717, 1.165) is 65.1 Å². The highest BCUT2D eigenvalue weighted by Crippen LogP contribution is 2.21. The molecule has 1 amide bonds. The number of piperazine rings is 1. The fourth-order valence-corrected chi connectivity index (χ4v) is 4.20. The number of carbonyl (C=O) groups is 2. The molecule has 0 radical (unpaired) electrons. The van der Waals surface area contributed by atoms with Crippen LogP contribution in [0, 0.1) is 5.92 Å². The Kier molecular flexibility index (Phi) is 7.24. The lowest BCUT2D eigenvalue weighted by Crippen LogP contribution is -2.48. The van der Waals surface area contributed by atoms with Crippen molar-refractivity contribution in [2.75, 3.05) is 45.8 Å². The molecule has 27 heavy (non-hydrogen) atoms. The quantitative estimate of drug-likeness (QED) is 0.791. The summed E-state index contributed by atoms with van der Waals surface area (Å²) >= 11 is 0. The number of amides is 1. The predicted octanol–water partition coefficient (Wildman–Crippen LogP) is 1.91. The van der Waals surface area contributed by atoms with Gasteiger partial charge in [0.1, 0.15) is 0 Å². The summed E-state index contributed by atoms with van der Waals surface area (Å²) in [6, 6.07) is 10.5. The second kappa shape index (κ2) is 9.85. The van der Waals surface area contributed by atoms with Crippen LogP contribution in [0.1, 0.15) is 31.2 Å². The van der Waals surface area contributed by atoms with Crippen molar-refractivity contribution in [3.63, 3.8) is 0 Å². The van der Waals surface area contributed by atoms with Crippen LogP contribution in [0.2, 0.25) is 0 Å². The van der Waals surface area contributed by atoms with Gasteiger partial charge in [0.25, 0.3) is 0 Å². The number of piperidine rings is 1. The van der Waals surface area contributed by atoms with Crippen molar-refractivity contribution in [1.29, 1.82) is 0 Å². The van der Waals surface area contributed by atoms with Crippen LogP contribution in [0.3, 0.4) is 0 Å². The van der Waals surface area contributed by atoms with Gasteiger partial charge in [0.05, 0.1) is 6.54 Å². The molecule has 3 rings (SSSR count). The van der Waals surface area contributed by atoms with Crippen LogP contribution < -0.4 is 0 Å². The number of carbonyl (C=O) groups excluding carboxylic acids is 1. The Labute approximate surface area is 161 Å². The van der Waals surface area contributed by atoms with Gasteiger partial charge in [0.2, 0.25) is 5.91 Å². The highest BCUT2D eigenvalue weighted by molar-refractivity contribution is 5.76. The second-order valence-electron chi connectivity index (χ2n) is 7.82. The molecule has 1 N–H and O–H groups in total. The first-order valence-corrected chi connectivity index (χ1v) is 10.1.